The zero-order valence-corrected chi connectivity index (χ0v) is 14.7. The van der Waals surface area contributed by atoms with Gasteiger partial charge in [0.1, 0.15) is 0 Å². The molecule has 1 amide bonds. The van der Waals surface area contributed by atoms with Crippen LogP contribution in [0.4, 0.5) is 17.1 Å². The van der Waals surface area contributed by atoms with E-state index in [4.69, 9.17) is 0 Å². The fourth-order valence-corrected chi connectivity index (χ4v) is 3.12. The highest BCUT2D eigenvalue weighted by molar-refractivity contribution is 6.06. The molecule has 136 valence electrons. The lowest BCUT2D eigenvalue weighted by atomic mass is 10.1. The number of carbonyl (C=O) groups is 1. The van der Waals surface area contributed by atoms with Gasteiger partial charge in [0.05, 0.1) is 16.3 Å². The first-order valence-electron chi connectivity index (χ1n) is 8.70. The number of nitro benzene ring substituents is 1. The molecule has 1 saturated heterocycles. The van der Waals surface area contributed by atoms with E-state index in [1.54, 1.807) is 6.07 Å². The zero-order chi connectivity index (χ0) is 18.5. The third kappa shape index (κ3) is 4.00. The lowest BCUT2D eigenvalue weighted by Gasteiger charge is -2.36. The number of anilines is 2. The lowest BCUT2D eigenvalue weighted by Crippen LogP contribution is -2.46. The Morgan fingerprint density at radius 2 is 1.85 bits per heavy atom. The van der Waals surface area contributed by atoms with Crippen molar-refractivity contribution in [3.05, 3.63) is 64.2 Å². The third-order valence-corrected chi connectivity index (χ3v) is 4.63. The number of nitro groups is 1. The number of benzene rings is 2. The predicted octanol–water partition coefficient (Wildman–Crippen LogP) is 2.99. The van der Waals surface area contributed by atoms with Crippen LogP contribution in [0.25, 0.3) is 0 Å². The number of non-ortho nitro benzene ring substituents is 1. The Labute approximate surface area is 152 Å². The monoisotopic (exact) mass is 354 g/mol. The fraction of sp³-hybridized carbons (Fsp3) is 0.316. The van der Waals surface area contributed by atoms with Crippen LogP contribution in [-0.2, 0) is 0 Å². The highest BCUT2D eigenvalue weighted by atomic mass is 16.6. The van der Waals surface area contributed by atoms with Gasteiger partial charge in [0.15, 0.2) is 0 Å². The molecule has 1 fully saturated rings. The Balaban J connectivity index is 1.77. The molecule has 1 heterocycles. The molecule has 1 aliphatic heterocycles. The minimum absolute atomic E-state index is 0.0957. The number of para-hydroxylation sites is 2. The van der Waals surface area contributed by atoms with E-state index in [0.717, 1.165) is 38.4 Å². The summed E-state index contributed by atoms with van der Waals surface area (Å²) in [6.45, 7) is 6.98. The minimum Gasteiger partial charge on any atom is -0.367 e. The summed E-state index contributed by atoms with van der Waals surface area (Å²) in [6, 6.07) is 13.4. The highest BCUT2D eigenvalue weighted by Gasteiger charge is 2.19. The maximum absolute atomic E-state index is 12.6. The van der Waals surface area contributed by atoms with Crippen molar-refractivity contribution in [2.24, 2.45) is 0 Å². The van der Waals surface area contributed by atoms with E-state index in [0.29, 0.717) is 5.69 Å². The number of nitrogens with zero attached hydrogens (tertiary/aromatic N) is 3. The van der Waals surface area contributed by atoms with Crippen LogP contribution < -0.4 is 10.2 Å². The number of hydrogen-bond acceptors (Lipinski definition) is 5. The minimum atomic E-state index is -0.502. The van der Waals surface area contributed by atoms with Gasteiger partial charge in [-0.3, -0.25) is 14.9 Å². The number of nitrogens with one attached hydrogen (secondary N) is 1. The summed E-state index contributed by atoms with van der Waals surface area (Å²) in [5, 5.41) is 13.8. The second-order valence-corrected chi connectivity index (χ2v) is 6.20. The van der Waals surface area contributed by atoms with E-state index in [1.165, 1.54) is 18.2 Å². The second-order valence-electron chi connectivity index (χ2n) is 6.20. The van der Waals surface area contributed by atoms with Crippen LogP contribution in [0.1, 0.15) is 17.3 Å². The Morgan fingerprint density at radius 3 is 2.54 bits per heavy atom. The molecule has 7 nitrogen and oxygen atoms in total. The Morgan fingerprint density at radius 1 is 1.12 bits per heavy atom. The van der Waals surface area contributed by atoms with Crippen LogP contribution in [0.15, 0.2) is 48.5 Å². The molecule has 1 N–H and O–H groups in total. The van der Waals surface area contributed by atoms with E-state index in [2.05, 4.69) is 22.0 Å². The predicted molar refractivity (Wildman–Crippen MR) is 102 cm³/mol. The normalized spacial score (nSPS) is 14.9. The summed E-state index contributed by atoms with van der Waals surface area (Å²) >= 11 is 0. The van der Waals surface area contributed by atoms with Crippen LogP contribution in [0.2, 0.25) is 0 Å². The lowest BCUT2D eigenvalue weighted by molar-refractivity contribution is -0.384. The molecule has 26 heavy (non-hydrogen) atoms. The summed E-state index contributed by atoms with van der Waals surface area (Å²) in [5.41, 5.74) is 1.86. The summed E-state index contributed by atoms with van der Waals surface area (Å²) in [4.78, 5) is 27.6. The van der Waals surface area contributed by atoms with Gasteiger partial charge in [-0.05, 0) is 24.7 Å². The SMILES string of the molecule is CCN1CCN(c2ccccc2NC(=O)c2cccc([N+](=O)[O-])c2)CC1. The first kappa shape index (κ1) is 17.9. The van der Waals surface area contributed by atoms with Crippen LogP contribution in [0.5, 0.6) is 0 Å². The molecule has 0 atom stereocenters. The van der Waals surface area contributed by atoms with Gasteiger partial charge in [-0.15, -0.1) is 0 Å². The first-order chi connectivity index (χ1) is 12.6. The average molecular weight is 354 g/mol. The van der Waals surface area contributed by atoms with Crippen molar-refractivity contribution < 1.29 is 9.72 Å². The van der Waals surface area contributed by atoms with Crippen molar-refractivity contribution in [2.45, 2.75) is 6.92 Å². The number of amides is 1. The molecule has 0 bridgehead atoms. The Hall–Kier alpha value is -2.93. The summed E-state index contributed by atoms with van der Waals surface area (Å²) in [5.74, 6) is -0.353. The van der Waals surface area contributed by atoms with Gasteiger partial charge in [-0.2, -0.15) is 0 Å². The van der Waals surface area contributed by atoms with E-state index in [1.807, 2.05) is 24.3 Å². The molecule has 2 aromatic rings. The van der Waals surface area contributed by atoms with Crippen molar-refractivity contribution in [3.63, 3.8) is 0 Å². The van der Waals surface area contributed by atoms with Crippen LogP contribution >= 0.6 is 0 Å². The topological polar surface area (TPSA) is 78.7 Å². The molecule has 0 radical (unpaired) electrons. The average Bonchev–Trinajstić information content (AvgIpc) is 2.68. The largest absolute Gasteiger partial charge is 0.367 e. The smallest absolute Gasteiger partial charge is 0.270 e. The van der Waals surface area contributed by atoms with Gasteiger partial charge < -0.3 is 15.1 Å². The standard InChI is InChI=1S/C19H22N4O3/c1-2-21-10-12-22(13-11-21)18-9-4-3-8-17(18)20-19(24)15-6-5-7-16(14-15)23(25)26/h3-9,14H,2,10-13H2,1H3,(H,20,24). The van der Waals surface area contributed by atoms with Crippen LogP contribution in [0, 0.1) is 10.1 Å². The number of likely N-dealkylation sites (N-methyl/N-ethyl adjacent to an activating group) is 1. The van der Waals surface area contributed by atoms with Gasteiger partial charge in [0.25, 0.3) is 11.6 Å². The number of rotatable bonds is 5. The molecule has 0 saturated carbocycles. The van der Waals surface area contributed by atoms with Crippen molar-refractivity contribution in [3.8, 4) is 0 Å². The van der Waals surface area contributed by atoms with Gasteiger partial charge >= 0.3 is 0 Å². The Bertz CT molecular complexity index is 801. The summed E-state index contributed by atoms with van der Waals surface area (Å²) < 4.78 is 0. The molecule has 0 unspecified atom stereocenters. The van der Waals surface area contributed by atoms with Crippen LogP contribution in [-0.4, -0.2) is 48.5 Å². The molecule has 1 aliphatic rings. The maximum atomic E-state index is 12.6. The number of piperazine rings is 1. The second kappa shape index (κ2) is 7.97. The quantitative estimate of drug-likeness (QED) is 0.660. The highest BCUT2D eigenvalue weighted by Crippen LogP contribution is 2.27. The number of hydrogen-bond donors (Lipinski definition) is 1. The molecule has 0 aromatic heterocycles. The van der Waals surface area contributed by atoms with Gasteiger partial charge in [-0.1, -0.05) is 25.1 Å². The van der Waals surface area contributed by atoms with Crippen molar-refractivity contribution in [1.82, 2.24) is 4.90 Å². The molecule has 0 aliphatic carbocycles. The van der Waals surface area contributed by atoms with Gasteiger partial charge in [0, 0.05) is 43.9 Å². The summed E-state index contributed by atoms with van der Waals surface area (Å²) in [7, 11) is 0. The molecule has 7 heteroatoms. The maximum Gasteiger partial charge on any atom is 0.270 e. The van der Waals surface area contributed by atoms with Crippen molar-refractivity contribution in [1.29, 1.82) is 0 Å². The molecule has 3 rings (SSSR count). The molecular weight excluding hydrogens is 332 g/mol. The summed E-state index contributed by atoms with van der Waals surface area (Å²) in [6.07, 6.45) is 0. The zero-order valence-electron chi connectivity index (χ0n) is 14.7. The Kier molecular flexibility index (Phi) is 5.48. The van der Waals surface area contributed by atoms with E-state index < -0.39 is 4.92 Å². The van der Waals surface area contributed by atoms with Crippen molar-refractivity contribution in [2.75, 3.05) is 42.9 Å². The molecular formula is C19H22N4O3. The van der Waals surface area contributed by atoms with Crippen molar-refractivity contribution >= 4 is 23.0 Å². The van der Waals surface area contributed by atoms with Gasteiger partial charge in [0.2, 0.25) is 0 Å². The van der Waals surface area contributed by atoms with E-state index >= 15 is 0 Å². The number of carbonyl (C=O) groups excluding carboxylic acids is 1. The fourth-order valence-electron chi connectivity index (χ4n) is 3.12. The molecule has 0 spiro atoms. The third-order valence-electron chi connectivity index (χ3n) is 4.63. The van der Waals surface area contributed by atoms with Crippen LogP contribution in [0.3, 0.4) is 0 Å². The van der Waals surface area contributed by atoms with E-state index in [-0.39, 0.29) is 17.2 Å². The first-order valence-corrected chi connectivity index (χ1v) is 8.70. The molecule has 2 aromatic carbocycles. The van der Waals surface area contributed by atoms with Gasteiger partial charge in [-0.25, -0.2) is 0 Å². The van der Waals surface area contributed by atoms with E-state index in [9.17, 15) is 14.9 Å².